The van der Waals surface area contributed by atoms with Gasteiger partial charge < -0.3 is 14.6 Å². The van der Waals surface area contributed by atoms with Crippen molar-refractivity contribution in [1.29, 1.82) is 5.26 Å². The van der Waals surface area contributed by atoms with Crippen molar-refractivity contribution < 1.29 is 14.6 Å². The summed E-state index contributed by atoms with van der Waals surface area (Å²) in [6.45, 7) is 0. The lowest BCUT2D eigenvalue weighted by Crippen LogP contribution is -2.37. The van der Waals surface area contributed by atoms with Gasteiger partial charge in [0.1, 0.15) is 17.3 Å². The molecule has 2 saturated heterocycles. The van der Waals surface area contributed by atoms with E-state index in [1.54, 1.807) is 13.2 Å². The summed E-state index contributed by atoms with van der Waals surface area (Å²) in [5.41, 5.74) is -0.0907. The SMILES string of the molecule is COc1cccc(C(O)C2(C#N)CC3CCC2O3)c1. The fourth-order valence-corrected chi connectivity index (χ4v) is 3.32. The maximum atomic E-state index is 10.7. The number of aliphatic hydroxyl groups excluding tert-OH is 1. The first-order valence-corrected chi connectivity index (χ1v) is 6.58. The lowest BCUT2D eigenvalue weighted by molar-refractivity contribution is 0.00333. The largest absolute Gasteiger partial charge is 0.497 e. The van der Waals surface area contributed by atoms with E-state index in [0.717, 1.165) is 18.4 Å². The van der Waals surface area contributed by atoms with Gasteiger partial charge in [0.15, 0.2) is 0 Å². The molecule has 3 rings (SSSR count). The van der Waals surface area contributed by atoms with Crippen molar-refractivity contribution in [3.8, 4) is 11.8 Å². The third-order valence-electron chi connectivity index (χ3n) is 4.35. The maximum absolute atomic E-state index is 10.7. The highest BCUT2D eigenvalue weighted by molar-refractivity contribution is 5.33. The van der Waals surface area contributed by atoms with Gasteiger partial charge in [-0.2, -0.15) is 5.26 Å². The fraction of sp³-hybridized carbons (Fsp3) is 0.533. The zero-order valence-electron chi connectivity index (χ0n) is 10.9. The first-order chi connectivity index (χ1) is 9.19. The minimum atomic E-state index is -0.831. The third-order valence-corrected chi connectivity index (χ3v) is 4.35. The fourth-order valence-electron chi connectivity index (χ4n) is 3.32. The van der Waals surface area contributed by atoms with Gasteiger partial charge in [-0.3, -0.25) is 0 Å². The number of ether oxygens (including phenoxy) is 2. The third kappa shape index (κ3) is 1.81. The molecule has 0 aliphatic carbocycles. The molecule has 4 heteroatoms. The molecule has 100 valence electrons. The van der Waals surface area contributed by atoms with E-state index < -0.39 is 11.5 Å². The van der Waals surface area contributed by atoms with E-state index in [1.165, 1.54) is 0 Å². The Balaban J connectivity index is 1.94. The molecule has 4 unspecified atom stereocenters. The molecule has 0 aromatic heterocycles. The highest BCUT2D eigenvalue weighted by atomic mass is 16.5. The Morgan fingerprint density at radius 1 is 1.53 bits per heavy atom. The summed E-state index contributed by atoms with van der Waals surface area (Å²) in [5.74, 6) is 0.689. The van der Waals surface area contributed by atoms with E-state index in [2.05, 4.69) is 6.07 Å². The van der Waals surface area contributed by atoms with Crippen molar-refractivity contribution in [1.82, 2.24) is 0 Å². The molecule has 1 N–H and O–H groups in total. The van der Waals surface area contributed by atoms with Gasteiger partial charge in [0, 0.05) is 0 Å². The van der Waals surface area contributed by atoms with Gasteiger partial charge in [-0.15, -0.1) is 0 Å². The smallest absolute Gasteiger partial charge is 0.119 e. The molecule has 0 spiro atoms. The van der Waals surface area contributed by atoms with Crippen LogP contribution in [-0.2, 0) is 4.74 Å². The average Bonchev–Trinajstić information content (AvgIpc) is 3.07. The van der Waals surface area contributed by atoms with Crippen LogP contribution < -0.4 is 4.74 Å². The first kappa shape index (κ1) is 12.5. The predicted molar refractivity (Wildman–Crippen MR) is 68.5 cm³/mol. The summed E-state index contributed by atoms with van der Waals surface area (Å²) in [5, 5.41) is 20.2. The van der Waals surface area contributed by atoms with Crippen LogP contribution in [0.4, 0.5) is 0 Å². The standard InChI is InChI=1S/C15H17NO3/c1-18-11-4-2-3-10(7-11)14(17)15(9-16)8-12-5-6-13(15)19-12/h2-4,7,12-14,17H,5-6,8H2,1H3. The molecule has 19 heavy (non-hydrogen) atoms. The zero-order chi connectivity index (χ0) is 13.5. The van der Waals surface area contributed by atoms with E-state index in [0.29, 0.717) is 12.2 Å². The Morgan fingerprint density at radius 2 is 2.37 bits per heavy atom. The molecule has 0 saturated carbocycles. The Bertz CT molecular complexity index is 524. The Kier molecular flexibility index (Phi) is 2.96. The predicted octanol–water partition coefficient (Wildman–Crippen LogP) is 2.19. The second-order valence-corrected chi connectivity index (χ2v) is 5.36. The van der Waals surface area contributed by atoms with Gasteiger partial charge in [0.05, 0.1) is 25.4 Å². The van der Waals surface area contributed by atoms with E-state index in [9.17, 15) is 10.4 Å². The summed E-state index contributed by atoms with van der Waals surface area (Å²) in [7, 11) is 1.59. The molecule has 2 bridgehead atoms. The van der Waals surface area contributed by atoms with Crippen molar-refractivity contribution in [2.24, 2.45) is 5.41 Å². The van der Waals surface area contributed by atoms with Crippen LogP contribution in [-0.4, -0.2) is 24.4 Å². The Hall–Kier alpha value is -1.57. The van der Waals surface area contributed by atoms with E-state index in [4.69, 9.17) is 9.47 Å². The molecule has 1 aromatic carbocycles. The van der Waals surface area contributed by atoms with Gasteiger partial charge >= 0.3 is 0 Å². The molecule has 4 atom stereocenters. The van der Waals surface area contributed by atoms with Gasteiger partial charge in [-0.1, -0.05) is 12.1 Å². The minimum Gasteiger partial charge on any atom is -0.497 e. The lowest BCUT2D eigenvalue weighted by Gasteiger charge is -2.33. The molecule has 0 radical (unpaired) electrons. The Labute approximate surface area is 112 Å². The highest BCUT2D eigenvalue weighted by Crippen LogP contribution is 2.53. The summed E-state index contributed by atoms with van der Waals surface area (Å²) in [6.07, 6.45) is 1.63. The molecular weight excluding hydrogens is 242 g/mol. The molecule has 2 fully saturated rings. The molecular formula is C15H17NO3. The number of nitriles is 1. The zero-order valence-corrected chi connectivity index (χ0v) is 10.9. The second-order valence-electron chi connectivity index (χ2n) is 5.36. The van der Waals surface area contributed by atoms with Crippen molar-refractivity contribution >= 4 is 0 Å². The van der Waals surface area contributed by atoms with Crippen LogP contribution in [0.5, 0.6) is 5.75 Å². The normalized spacial score (nSPS) is 33.9. The number of benzene rings is 1. The van der Waals surface area contributed by atoms with Crippen molar-refractivity contribution in [3.63, 3.8) is 0 Å². The first-order valence-electron chi connectivity index (χ1n) is 6.58. The van der Waals surface area contributed by atoms with Gasteiger partial charge in [0.2, 0.25) is 0 Å². The summed E-state index contributed by atoms with van der Waals surface area (Å²) in [4.78, 5) is 0. The quantitative estimate of drug-likeness (QED) is 0.903. The van der Waals surface area contributed by atoms with Gasteiger partial charge in [-0.25, -0.2) is 0 Å². The lowest BCUT2D eigenvalue weighted by atomic mass is 9.69. The van der Waals surface area contributed by atoms with E-state index in [-0.39, 0.29) is 12.2 Å². The van der Waals surface area contributed by atoms with E-state index in [1.807, 2.05) is 18.2 Å². The molecule has 2 aliphatic heterocycles. The van der Waals surface area contributed by atoms with Crippen molar-refractivity contribution in [3.05, 3.63) is 29.8 Å². The molecule has 4 nitrogen and oxygen atoms in total. The van der Waals surface area contributed by atoms with Crippen LogP contribution in [0.2, 0.25) is 0 Å². The molecule has 1 aromatic rings. The monoisotopic (exact) mass is 259 g/mol. The topological polar surface area (TPSA) is 62.5 Å². The van der Waals surface area contributed by atoms with Gasteiger partial charge in [0.25, 0.3) is 0 Å². The number of nitrogens with zero attached hydrogens (tertiary/aromatic N) is 1. The summed E-state index contributed by atoms with van der Waals surface area (Å²) < 4.78 is 10.9. The van der Waals surface area contributed by atoms with Crippen LogP contribution in [0.3, 0.4) is 0 Å². The molecule has 0 amide bonds. The number of aliphatic hydroxyl groups is 1. The second kappa shape index (κ2) is 4.52. The number of hydrogen-bond donors (Lipinski definition) is 1. The number of rotatable bonds is 3. The van der Waals surface area contributed by atoms with E-state index >= 15 is 0 Å². The summed E-state index contributed by atoms with van der Waals surface area (Å²) >= 11 is 0. The van der Waals surface area contributed by atoms with Crippen LogP contribution in [0.15, 0.2) is 24.3 Å². The maximum Gasteiger partial charge on any atom is 0.119 e. The Morgan fingerprint density at radius 3 is 2.95 bits per heavy atom. The van der Waals surface area contributed by atoms with Crippen molar-refractivity contribution in [2.45, 2.75) is 37.6 Å². The molecule has 2 aliphatic rings. The van der Waals surface area contributed by atoms with Gasteiger partial charge in [-0.05, 0) is 37.0 Å². The highest BCUT2D eigenvalue weighted by Gasteiger charge is 2.57. The van der Waals surface area contributed by atoms with Crippen LogP contribution in [0.25, 0.3) is 0 Å². The van der Waals surface area contributed by atoms with Crippen LogP contribution in [0, 0.1) is 16.7 Å². The minimum absolute atomic E-state index is 0.130. The van der Waals surface area contributed by atoms with Crippen LogP contribution >= 0.6 is 0 Å². The summed E-state index contributed by atoms with van der Waals surface area (Å²) in [6, 6.07) is 9.60. The molecule has 2 heterocycles. The van der Waals surface area contributed by atoms with Crippen molar-refractivity contribution in [2.75, 3.05) is 7.11 Å². The number of hydrogen-bond acceptors (Lipinski definition) is 4. The number of fused-ring (bicyclic) bond motifs is 2. The average molecular weight is 259 g/mol. The number of methoxy groups -OCH3 is 1. The van der Waals surface area contributed by atoms with Crippen LogP contribution in [0.1, 0.15) is 30.9 Å².